The van der Waals surface area contributed by atoms with Crippen molar-refractivity contribution in [1.29, 1.82) is 0 Å². The van der Waals surface area contributed by atoms with Crippen molar-refractivity contribution in [3.05, 3.63) is 60.2 Å². The number of nitrogens with one attached hydrogen (secondary N) is 2. The summed E-state index contributed by atoms with van der Waals surface area (Å²) in [6, 6.07) is 16.9. The van der Waals surface area contributed by atoms with Gasteiger partial charge < -0.3 is 15.5 Å². The summed E-state index contributed by atoms with van der Waals surface area (Å²) in [5, 5.41) is 5.67. The van der Waals surface area contributed by atoms with Gasteiger partial charge in [0.15, 0.2) is 0 Å². The molecule has 2 N–H and O–H groups in total. The first-order chi connectivity index (χ1) is 11.5. The zero-order valence-corrected chi connectivity index (χ0v) is 15.0. The minimum Gasteiger partial charge on any atom is -0.336 e. The highest BCUT2D eigenvalue weighted by Crippen LogP contribution is 2.17. The number of nitrogens with zero attached hydrogens (tertiary/aromatic N) is 1. The van der Waals surface area contributed by atoms with E-state index in [4.69, 9.17) is 0 Å². The van der Waals surface area contributed by atoms with Crippen molar-refractivity contribution in [3.8, 4) is 0 Å². The van der Waals surface area contributed by atoms with Gasteiger partial charge in [0, 0.05) is 34.2 Å². The zero-order valence-electron chi connectivity index (χ0n) is 14.2. The number of rotatable bonds is 6. The second kappa shape index (κ2) is 8.61. The van der Waals surface area contributed by atoms with Crippen molar-refractivity contribution in [2.45, 2.75) is 10.9 Å². The highest BCUT2D eigenvalue weighted by atomic mass is 32.2. The first kappa shape index (κ1) is 18.2. The lowest BCUT2D eigenvalue weighted by atomic mass is 10.1. The van der Waals surface area contributed by atoms with Crippen LogP contribution in [-0.2, 0) is 10.8 Å². The van der Waals surface area contributed by atoms with E-state index in [9.17, 15) is 9.00 Å². The number of carbonyl (C=O) groups is 1. The molecule has 0 unspecified atom stereocenters. The highest BCUT2D eigenvalue weighted by Gasteiger charge is 2.15. The smallest absolute Gasteiger partial charge is 0.319 e. The Balaban J connectivity index is 1.96. The fourth-order valence-corrected chi connectivity index (χ4v) is 2.95. The summed E-state index contributed by atoms with van der Waals surface area (Å²) in [4.78, 5) is 14.9. The van der Waals surface area contributed by atoms with Crippen molar-refractivity contribution >= 4 is 22.5 Å². The molecule has 0 aliphatic rings. The number of likely N-dealkylation sites (N-methyl/N-ethyl adjacent to an activating group) is 1. The summed E-state index contributed by atoms with van der Waals surface area (Å²) in [5.41, 5.74) is 1.77. The van der Waals surface area contributed by atoms with Crippen LogP contribution in [0.2, 0.25) is 0 Å². The van der Waals surface area contributed by atoms with E-state index >= 15 is 0 Å². The first-order valence-corrected chi connectivity index (χ1v) is 9.23. The molecule has 0 heterocycles. The average molecular weight is 345 g/mol. The maximum Gasteiger partial charge on any atom is 0.319 e. The van der Waals surface area contributed by atoms with Gasteiger partial charge in [0.05, 0.1) is 6.04 Å². The monoisotopic (exact) mass is 345 g/mol. The Morgan fingerprint density at radius 2 is 1.83 bits per heavy atom. The SMILES string of the molecule is CN(C)[C@@H](CNC(=O)Nc1cccc([S@](C)=O)c1)c1ccccc1. The lowest BCUT2D eigenvalue weighted by Gasteiger charge is -2.25. The molecule has 0 spiro atoms. The summed E-state index contributed by atoms with van der Waals surface area (Å²) >= 11 is 0. The third kappa shape index (κ3) is 5.18. The molecule has 0 aliphatic carbocycles. The second-order valence-electron chi connectivity index (χ2n) is 5.71. The molecule has 2 aromatic rings. The molecule has 6 heteroatoms. The van der Waals surface area contributed by atoms with Gasteiger partial charge >= 0.3 is 6.03 Å². The Labute approximate surface area is 145 Å². The topological polar surface area (TPSA) is 61.4 Å². The van der Waals surface area contributed by atoms with Gasteiger partial charge in [-0.1, -0.05) is 36.4 Å². The normalized spacial score (nSPS) is 13.3. The average Bonchev–Trinajstić information content (AvgIpc) is 2.56. The van der Waals surface area contributed by atoms with Crippen LogP contribution in [0.15, 0.2) is 59.5 Å². The Kier molecular flexibility index (Phi) is 6.52. The van der Waals surface area contributed by atoms with Crippen molar-refractivity contribution in [1.82, 2.24) is 10.2 Å². The summed E-state index contributed by atoms with van der Waals surface area (Å²) in [5.74, 6) is 0. The quantitative estimate of drug-likeness (QED) is 0.846. The van der Waals surface area contributed by atoms with Crippen molar-refractivity contribution in [3.63, 3.8) is 0 Å². The maximum atomic E-state index is 12.1. The van der Waals surface area contributed by atoms with E-state index in [2.05, 4.69) is 15.5 Å². The molecule has 2 rings (SSSR count). The van der Waals surface area contributed by atoms with Gasteiger partial charge in [0.2, 0.25) is 0 Å². The van der Waals surface area contributed by atoms with Crippen molar-refractivity contribution in [2.24, 2.45) is 0 Å². The molecular weight excluding hydrogens is 322 g/mol. The van der Waals surface area contributed by atoms with Gasteiger partial charge in [0.25, 0.3) is 0 Å². The Morgan fingerprint density at radius 1 is 1.12 bits per heavy atom. The molecule has 0 aliphatic heterocycles. The van der Waals surface area contributed by atoms with Crippen LogP contribution >= 0.6 is 0 Å². The minimum atomic E-state index is -1.07. The van der Waals surface area contributed by atoms with Gasteiger partial charge in [-0.3, -0.25) is 4.21 Å². The van der Waals surface area contributed by atoms with Crippen molar-refractivity contribution in [2.75, 3.05) is 32.2 Å². The lowest BCUT2D eigenvalue weighted by Crippen LogP contribution is -2.36. The number of benzene rings is 2. The molecule has 0 bridgehead atoms. The summed E-state index contributed by atoms with van der Waals surface area (Å²) in [7, 11) is 2.89. The van der Waals surface area contributed by atoms with Crippen LogP contribution in [0.3, 0.4) is 0 Å². The molecule has 0 fully saturated rings. The predicted octanol–water partition coefficient (Wildman–Crippen LogP) is 2.85. The van der Waals surface area contributed by atoms with Gasteiger partial charge in [0.1, 0.15) is 0 Å². The standard InChI is InChI=1S/C18H23N3O2S/c1-21(2)17(14-8-5-4-6-9-14)13-19-18(22)20-15-10-7-11-16(12-15)24(3)23/h4-12,17H,13H2,1-3H3,(H2,19,20,22)/t17-,24-/m0/s1. The van der Waals surface area contributed by atoms with Crippen molar-refractivity contribution < 1.29 is 9.00 Å². The Morgan fingerprint density at radius 3 is 2.46 bits per heavy atom. The first-order valence-electron chi connectivity index (χ1n) is 7.67. The predicted molar refractivity (Wildman–Crippen MR) is 98.7 cm³/mol. The maximum absolute atomic E-state index is 12.1. The molecule has 2 aromatic carbocycles. The highest BCUT2D eigenvalue weighted by molar-refractivity contribution is 7.84. The number of urea groups is 1. The zero-order chi connectivity index (χ0) is 17.5. The van der Waals surface area contributed by atoms with Crippen LogP contribution in [-0.4, -0.2) is 42.0 Å². The third-order valence-corrected chi connectivity index (χ3v) is 4.61. The molecule has 0 aromatic heterocycles. The van der Waals surface area contributed by atoms with Gasteiger partial charge in [-0.25, -0.2) is 4.79 Å². The summed E-state index contributed by atoms with van der Waals surface area (Å²) in [6.07, 6.45) is 1.61. The van der Waals surface area contributed by atoms with E-state index in [1.807, 2.05) is 44.4 Å². The summed E-state index contributed by atoms with van der Waals surface area (Å²) in [6.45, 7) is 0.488. The van der Waals surface area contributed by atoms with Crippen LogP contribution < -0.4 is 10.6 Å². The van der Waals surface area contributed by atoms with Crippen LogP contribution in [0.1, 0.15) is 11.6 Å². The van der Waals surface area contributed by atoms with E-state index < -0.39 is 10.8 Å². The number of carbonyl (C=O) groups excluding carboxylic acids is 1. The number of amides is 2. The lowest BCUT2D eigenvalue weighted by molar-refractivity contribution is 0.243. The Hall–Kier alpha value is -2.18. The molecule has 2 atom stereocenters. The fraction of sp³-hybridized carbons (Fsp3) is 0.278. The third-order valence-electron chi connectivity index (χ3n) is 3.69. The van der Waals surface area contributed by atoms with E-state index in [0.29, 0.717) is 17.1 Å². The molecule has 0 saturated heterocycles. The van der Waals surface area contributed by atoms with E-state index in [1.165, 1.54) is 0 Å². The van der Waals surface area contributed by atoms with Crippen LogP contribution in [0.25, 0.3) is 0 Å². The Bertz CT molecular complexity index is 704. The molecule has 0 saturated carbocycles. The molecule has 24 heavy (non-hydrogen) atoms. The minimum absolute atomic E-state index is 0.0893. The molecule has 0 radical (unpaired) electrons. The molecule has 2 amide bonds. The van der Waals surface area contributed by atoms with Crippen LogP contribution in [0.5, 0.6) is 0 Å². The molecular formula is C18H23N3O2S. The fourth-order valence-electron chi connectivity index (χ4n) is 2.39. The van der Waals surface area contributed by atoms with E-state index in [-0.39, 0.29) is 12.1 Å². The molecule has 5 nitrogen and oxygen atoms in total. The van der Waals surface area contributed by atoms with E-state index in [0.717, 1.165) is 5.56 Å². The number of hydrogen-bond acceptors (Lipinski definition) is 3. The van der Waals surface area contributed by atoms with E-state index in [1.54, 1.807) is 30.5 Å². The largest absolute Gasteiger partial charge is 0.336 e. The van der Waals surface area contributed by atoms with Crippen LogP contribution in [0.4, 0.5) is 10.5 Å². The van der Waals surface area contributed by atoms with Crippen LogP contribution in [0, 0.1) is 0 Å². The van der Waals surface area contributed by atoms with Gasteiger partial charge in [-0.05, 0) is 37.9 Å². The number of anilines is 1. The van der Waals surface area contributed by atoms with Gasteiger partial charge in [-0.2, -0.15) is 0 Å². The summed E-state index contributed by atoms with van der Waals surface area (Å²) < 4.78 is 11.5. The number of hydrogen-bond donors (Lipinski definition) is 2. The molecule has 128 valence electrons. The van der Waals surface area contributed by atoms with Gasteiger partial charge in [-0.15, -0.1) is 0 Å². The second-order valence-corrected chi connectivity index (χ2v) is 7.09.